The molecule has 1 rings (SSSR count). The minimum Gasteiger partial charge on any atom is -0.393 e. The molecule has 3 nitrogen and oxygen atoms in total. The van der Waals surface area contributed by atoms with Crippen molar-refractivity contribution in [3.8, 4) is 0 Å². The lowest BCUT2D eigenvalue weighted by Gasteiger charge is -2.25. The number of aromatic nitrogens is 2. The first-order valence-electron chi connectivity index (χ1n) is 5.56. The molecular weight excluding hydrogens is 188 g/mol. The van der Waals surface area contributed by atoms with Crippen LogP contribution in [0.15, 0.2) is 12.3 Å². The van der Waals surface area contributed by atoms with Gasteiger partial charge in [-0.25, -0.2) is 0 Å². The third-order valence-electron chi connectivity index (χ3n) is 2.83. The summed E-state index contributed by atoms with van der Waals surface area (Å²) in [7, 11) is 1.97. The third-order valence-corrected chi connectivity index (χ3v) is 2.83. The molecule has 1 aromatic heterocycles. The van der Waals surface area contributed by atoms with Crippen molar-refractivity contribution in [1.29, 1.82) is 0 Å². The number of aryl methyl sites for hydroxylation is 2. The Morgan fingerprint density at radius 1 is 1.53 bits per heavy atom. The highest BCUT2D eigenvalue weighted by molar-refractivity contribution is 5.00. The van der Waals surface area contributed by atoms with Crippen LogP contribution in [-0.4, -0.2) is 21.0 Å². The molecule has 0 aliphatic rings. The minimum atomic E-state index is -0.216. The topological polar surface area (TPSA) is 38.1 Å². The summed E-state index contributed by atoms with van der Waals surface area (Å²) in [6.07, 6.45) is 4.57. The highest BCUT2D eigenvalue weighted by Crippen LogP contribution is 2.28. The Hall–Kier alpha value is -0.830. The maximum absolute atomic E-state index is 9.38. The number of aliphatic hydroxyl groups excluding tert-OH is 1. The molecule has 1 aromatic rings. The quantitative estimate of drug-likeness (QED) is 0.808. The summed E-state index contributed by atoms with van der Waals surface area (Å²) in [6, 6.07) is 2.05. The van der Waals surface area contributed by atoms with Crippen molar-refractivity contribution in [2.75, 3.05) is 0 Å². The van der Waals surface area contributed by atoms with Gasteiger partial charge < -0.3 is 5.11 Å². The minimum absolute atomic E-state index is 0.193. The predicted molar refractivity (Wildman–Crippen MR) is 61.6 cm³/mol. The van der Waals surface area contributed by atoms with Gasteiger partial charge in [0.1, 0.15) is 0 Å². The molecule has 0 amide bonds. The Kier molecular flexibility index (Phi) is 3.91. The summed E-state index contributed by atoms with van der Waals surface area (Å²) in [5, 5.41) is 13.5. The van der Waals surface area contributed by atoms with Gasteiger partial charge in [0.15, 0.2) is 0 Å². The normalized spacial score (nSPS) is 14.2. The van der Waals surface area contributed by atoms with Crippen LogP contribution in [-0.2, 0) is 13.5 Å². The van der Waals surface area contributed by atoms with Crippen LogP contribution < -0.4 is 0 Å². The molecular formula is C12H22N2O. The second-order valence-electron chi connectivity index (χ2n) is 5.16. The number of hydrogen-bond acceptors (Lipinski definition) is 2. The van der Waals surface area contributed by atoms with Crippen molar-refractivity contribution in [2.24, 2.45) is 12.5 Å². The van der Waals surface area contributed by atoms with Gasteiger partial charge in [0.2, 0.25) is 0 Å². The van der Waals surface area contributed by atoms with Crippen LogP contribution >= 0.6 is 0 Å². The molecule has 0 radical (unpaired) electrons. The van der Waals surface area contributed by atoms with Gasteiger partial charge in [-0.1, -0.05) is 13.8 Å². The standard InChI is InChI=1S/C12H22N2O/c1-10(15)9-12(2,3)7-5-11-6-8-13-14(11)4/h6,8,10,15H,5,7,9H2,1-4H3. The van der Waals surface area contributed by atoms with E-state index in [2.05, 4.69) is 25.0 Å². The Bertz CT molecular complexity index is 302. The van der Waals surface area contributed by atoms with Crippen molar-refractivity contribution in [1.82, 2.24) is 9.78 Å². The fourth-order valence-corrected chi connectivity index (χ4v) is 2.01. The number of rotatable bonds is 5. The van der Waals surface area contributed by atoms with Crippen LogP contribution in [0, 0.1) is 5.41 Å². The molecule has 1 heterocycles. The molecule has 0 aromatic carbocycles. The number of nitrogens with zero attached hydrogens (tertiary/aromatic N) is 2. The van der Waals surface area contributed by atoms with Crippen LogP contribution in [0.4, 0.5) is 0 Å². The van der Waals surface area contributed by atoms with Gasteiger partial charge in [0.25, 0.3) is 0 Å². The van der Waals surface area contributed by atoms with Gasteiger partial charge in [-0.15, -0.1) is 0 Å². The molecule has 1 atom stereocenters. The highest BCUT2D eigenvalue weighted by Gasteiger charge is 2.20. The van der Waals surface area contributed by atoms with E-state index in [1.807, 2.05) is 24.9 Å². The molecule has 3 heteroatoms. The Balaban J connectivity index is 2.46. The second kappa shape index (κ2) is 4.79. The van der Waals surface area contributed by atoms with E-state index in [1.165, 1.54) is 5.69 Å². The van der Waals surface area contributed by atoms with Crippen LogP contribution in [0.1, 0.15) is 39.3 Å². The average molecular weight is 210 g/mol. The fourth-order valence-electron chi connectivity index (χ4n) is 2.01. The summed E-state index contributed by atoms with van der Waals surface area (Å²) >= 11 is 0. The van der Waals surface area contributed by atoms with Gasteiger partial charge in [-0.3, -0.25) is 4.68 Å². The van der Waals surface area contributed by atoms with Crippen LogP contribution in [0.25, 0.3) is 0 Å². The molecule has 0 spiro atoms. The molecule has 0 bridgehead atoms. The largest absolute Gasteiger partial charge is 0.393 e. The van der Waals surface area contributed by atoms with Gasteiger partial charge in [0, 0.05) is 18.9 Å². The molecule has 15 heavy (non-hydrogen) atoms. The van der Waals surface area contributed by atoms with E-state index in [4.69, 9.17) is 0 Å². The highest BCUT2D eigenvalue weighted by atomic mass is 16.3. The first kappa shape index (κ1) is 12.2. The zero-order chi connectivity index (χ0) is 11.5. The van der Waals surface area contributed by atoms with E-state index < -0.39 is 0 Å². The van der Waals surface area contributed by atoms with Gasteiger partial charge in [-0.2, -0.15) is 5.10 Å². The molecule has 0 aliphatic carbocycles. The SMILES string of the molecule is CC(O)CC(C)(C)CCc1ccnn1C. The zero-order valence-electron chi connectivity index (χ0n) is 10.2. The second-order valence-corrected chi connectivity index (χ2v) is 5.16. The Labute approximate surface area is 92.1 Å². The first-order valence-corrected chi connectivity index (χ1v) is 5.56. The van der Waals surface area contributed by atoms with E-state index in [1.54, 1.807) is 0 Å². The molecule has 86 valence electrons. The van der Waals surface area contributed by atoms with E-state index in [0.29, 0.717) is 0 Å². The van der Waals surface area contributed by atoms with Crippen molar-refractivity contribution in [2.45, 2.75) is 46.1 Å². The van der Waals surface area contributed by atoms with Crippen molar-refractivity contribution >= 4 is 0 Å². The summed E-state index contributed by atoms with van der Waals surface area (Å²) in [5.41, 5.74) is 1.45. The predicted octanol–water partition coefficient (Wildman–Crippen LogP) is 2.15. The molecule has 0 fully saturated rings. The smallest absolute Gasteiger partial charge is 0.0517 e. The summed E-state index contributed by atoms with van der Waals surface area (Å²) in [4.78, 5) is 0. The van der Waals surface area contributed by atoms with Gasteiger partial charge in [-0.05, 0) is 37.7 Å². The van der Waals surface area contributed by atoms with Gasteiger partial charge in [0.05, 0.1) is 6.10 Å². The van der Waals surface area contributed by atoms with E-state index in [-0.39, 0.29) is 11.5 Å². The molecule has 0 saturated heterocycles. The van der Waals surface area contributed by atoms with Crippen LogP contribution in [0.2, 0.25) is 0 Å². The lowest BCUT2D eigenvalue weighted by molar-refractivity contribution is 0.124. The van der Waals surface area contributed by atoms with Gasteiger partial charge >= 0.3 is 0 Å². The lowest BCUT2D eigenvalue weighted by atomic mass is 9.82. The van der Waals surface area contributed by atoms with Crippen molar-refractivity contribution < 1.29 is 5.11 Å². The number of hydrogen-bond donors (Lipinski definition) is 1. The maximum Gasteiger partial charge on any atom is 0.0517 e. The summed E-state index contributed by atoms with van der Waals surface area (Å²) in [6.45, 7) is 6.26. The molecule has 0 saturated carbocycles. The average Bonchev–Trinajstić information content (AvgIpc) is 2.45. The van der Waals surface area contributed by atoms with E-state index in [0.717, 1.165) is 19.3 Å². The summed E-state index contributed by atoms with van der Waals surface area (Å²) < 4.78 is 1.92. The van der Waals surface area contributed by atoms with Crippen molar-refractivity contribution in [3.05, 3.63) is 18.0 Å². The maximum atomic E-state index is 9.38. The molecule has 1 unspecified atom stereocenters. The van der Waals surface area contributed by atoms with Crippen molar-refractivity contribution in [3.63, 3.8) is 0 Å². The Morgan fingerprint density at radius 2 is 2.20 bits per heavy atom. The summed E-state index contributed by atoms with van der Waals surface area (Å²) in [5.74, 6) is 0. The van der Waals surface area contributed by atoms with E-state index in [9.17, 15) is 5.11 Å². The lowest BCUT2D eigenvalue weighted by Crippen LogP contribution is -2.19. The molecule has 0 aliphatic heterocycles. The van der Waals surface area contributed by atoms with Crippen LogP contribution in [0.3, 0.4) is 0 Å². The molecule has 1 N–H and O–H groups in total. The third kappa shape index (κ3) is 4.04. The first-order chi connectivity index (χ1) is 6.91. The van der Waals surface area contributed by atoms with E-state index >= 15 is 0 Å². The zero-order valence-corrected chi connectivity index (χ0v) is 10.2. The monoisotopic (exact) mass is 210 g/mol. The Morgan fingerprint density at radius 3 is 2.67 bits per heavy atom. The number of aliphatic hydroxyl groups is 1. The fraction of sp³-hybridized carbons (Fsp3) is 0.750. The van der Waals surface area contributed by atoms with Crippen LogP contribution in [0.5, 0.6) is 0 Å².